The lowest BCUT2D eigenvalue weighted by Gasteiger charge is -2.26. The maximum Gasteiger partial charge on any atom is 0.410 e. The number of likely N-dealkylation sites (tertiary alicyclic amines) is 1. The van der Waals surface area contributed by atoms with Crippen molar-refractivity contribution in [2.45, 2.75) is 24.8 Å². The Bertz CT molecular complexity index is 1350. The van der Waals surface area contributed by atoms with Crippen molar-refractivity contribution in [2.75, 3.05) is 59.3 Å². The van der Waals surface area contributed by atoms with E-state index < -0.39 is 6.09 Å². The number of nitrogens with one attached hydrogen (secondary N) is 1. The van der Waals surface area contributed by atoms with Crippen LogP contribution in [0, 0.1) is 0 Å². The van der Waals surface area contributed by atoms with Crippen LogP contribution in [0.5, 0.6) is 17.2 Å². The van der Waals surface area contributed by atoms with Crippen molar-refractivity contribution in [1.82, 2.24) is 20.0 Å². The Morgan fingerprint density at radius 1 is 0.878 bits per heavy atom. The number of amides is 4. The van der Waals surface area contributed by atoms with Crippen LogP contribution in [0.4, 0.5) is 4.79 Å². The predicted molar refractivity (Wildman–Crippen MR) is 144 cm³/mol. The van der Waals surface area contributed by atoms with Crippen LogP contribution in [-0.4, -0.2) is 104 Å². The Labute approximate surface area is 237 Å². The van der Waals surface area contributed by atoms with Gasteiger partial charge in [-0.25, -0.2) is 4.79 Å². The third-order valence-corrected chi connectivity index (χ3v) is 7.81. The zero-order chi connectivity index (χ0) is 28.3. The summed E-state index contributed by atoms with van der Waals surface area (Å²) in [6, 6.07) is 12.5. The average molecular weight is 565 g/mol. The molecule has 41 heavy (non-hydrogen) atoms. The molecule has 4 aliphatic heterocycles. The zero-order valence-electron chi connectivity index (χ0n) is 22.6. The molecular formula is C29H32N4O8. The van der Waals surface area contributed by atoms with Gasteiger partial charge in [0.25, 0.3) is 5.91 Å². The highest BCUT2D eigenvalue weighted by Gasteiger charge is 2.38. The lowest BCUT2D eigenvalue weighted by atomic mass is 9.94. The van der Waals surface area contributed by atoms with Crippen molar-refractivity contribution < 1.29 is 38.1 Å². The third-order valence-electron chi connectivity index (χ3n) is 7.81. The van der Waals surface area contributed by atoms with Crippen molar-refractivity contribution in [3.63, 3.8) is 0 Å². The first kappa shape index (κ1) is 26.7. The van der Waals surface area contributed by atoms with Gasteiger partial charge in [0.15, 0.2) is 11.5 Å². The van der Waals surface area contributed by atoms with Gasteiger partial charge in [0.05, 0.1) is 25.7 Å². The van der Waals surface area contributed by atoms with Crippen LogP contribution in [-0.2, 0) is 14.3 Å². The SMILES string of the molecule is O=C1CN(C(=O)CN2CCOC2=O)CCCCOc2cccc(c2)[C@H]2CN(C(=O)c3ccc4c(c3)OCO4)C[C@@H]2N1. The largest absolute Gasteiger partial charge is 0.494 e. The van der Waals surface area contributed by atoms with Crippen molar-refractivity contribution in [3.8, 4) is 17.2 Å². The molecule has 2 aromatic rings. The first-order valence-corrected chi connectivity index (χ1v) is 13.8. The number of nitrogens with zero attached hydrogens (tertiary/aromatic N) is 3. The Kier molecular flexibility index (Phi) is 7.53. The van der Waals surface area contributed by atoms with Gasteiger partial charge in [0.2, 0.25) is 18.6 Å². The van der Waals surface area contributed by atoms with E-state index in [0.29, 0.717) is 68.4 Å². The summed E-state index contributed by atoms with van der Waals surface area (Å²) in [6.07, 6.45) is 0.790. The van der Waals surface area contributed by atoms with E-state index in [1.54, 1.807) is 23.1 Å². The van der Waals surface area contributed by atoms with Crippen LogP contribution in [0.25, 0.3) is 0 Å². The molecule has 0 aromatic heterocycles. The first-order chi connectivity index (χ1) is 19.9. The smallest absolute Gasteiger partial charge is 0.410 e. The van der Waals surface area contributed by atoms with Crippen molar-refractivity contribution in [2.24, 2.45) is 0 Å². The van der Waals surface area contributed by atoms with Gasteiger partial charge in [0.1, 0.15) is 18.9 Å². The fourth-order valence-electron chi connectivity index (χ4n) is 5.65. The van der Waals surface area contributed by atoms with Gasteiger partial charge in [-0.15, -0.1) is 0 Å². The van der Waals surface area contributed by atoms with Crippen molar-refractivity contribution >= 4 is 23.8 Å². The number of carbonyl (C=O) groups excluding carboxylic acids is 4. The summed E-state index contributed by atoms with van der Waals surface area (Å²) in [7, 11) is 0. The van der Waals surface area contributed by atoms with Gasteiger partial charge in [-0.3, -0.25) is 19.3 Å². The van der Waals surface area contributed by atoms with E-state index >= 15 is 0 Å². The number of carbonyl (C=O) groups is 4. The summed E-state index contributed by atoms with van der Waals surface area (Å²) in [5.74, 6) is 0.834. The molecule has 12 heteroatoms. The maximum atomic E-state index is 13.5. The lowest BCUT2D eigenvalue weighted by Crippen LogP contribution is -2.49. The van der Waals surface area contributed by atoms with E-state index in [4.69, 9.17) is 18.9 Å². The molecule has 2 bridgehead atoms. The average Bonchev–Trinajstić information content (AvgIpc) is 3.71. The van der Waals surface area contributed by atoms with E-state index in [-0.39, 0.29) is 56.2 Å². The minimum Gasteiger partial charge on any atom is -0.494 e. The van der Waals surface area contributed by atoms with Crippen LogP contribution in [0.3, 0.4) is 0 Å². The molecule has 6 rings (SSSR count). The second kappa shape index (κ2) is 11.6. The van der Waals surface area contributed by atoms with E-state index in [1.165, 1.54) is 9.80 Å². The monoisotopic (exact) mass is 564 g/mol. The van der Waals surface area contributed by atoms with Crippen LogP contribution < -0.4 is 19.5 Å². The Morgan fingerprint density at radius 2 is 1.76 bits per heavy atom. The standard InChI is InChI=1S/C29H32N4O8/c34-26-16-31(27(35)17-32-9-11-39-29(32)37)8-1-2-10-38-21-5-3-4-19(12-21)22-14-33(15-23(22)30-26)28(36)20-6-7-24-25(13-20)41-18-40-24/h3-7,12-13,22-23H,1-2,8-11,14-18H2,(H,30,34)/t22-,23+/m1/s1. The molecule has 0 unspecified atom stereocenters. The van der Waals surface area contributed by atoms with E-state index in [9.17, 15) is 19.2 Å². The summed E-state index contributed by atoms with van der Waals surface area (Å²) < 4.78 is 21.8. The first-order valence-electron chi connectivity index (χ1n) is 13.8. The zero-order valence-corrected chi connectivity index (χ0v) is 22.6. The molecule has 1 N–H and O–H groups in total. The van der Waals surface area contributed by atoms with E-state index in [1.807, 2.05) is 24.3 Å². The number of hydrogen-bond donors (Lipinski definition) is 1. The summed E-state index contributed by atoms with van der Waals surface area (Å²) in [4.78, 5) is 56.4. The molecule has 0 radical (unpaired) electrons. The molecule has 2 saturated heterocycles. The van der Waals surface area contributed by atoms with Gasteiger partial charge < -0.3 is 34.1 Å². The number of cyclic esters (lactones) is 1. The summed E-state index contributed by atoms with van der Waals surface area (Å²) in [5.41, 5.74) is 1.42. The highest BCUT2D eigenvalue weighted by Crippen LogP contribution is 2.35. The molecule has 2 fully saturated rings. The number of fused-ring (bicyclic) bond motifs is 5. The number of hydrogen-bond acceptors (Lipinski definition) is 8. The third kappa shape index (κ3) is 5.86. The number of ether oxygens (including phenoxy) is 4. The minimum absolute atomic E-state index is 0.118. The van der Waals surface area contributed by atoms with Crippen LogP contribution >= 0.6 is 0 Å². The van der Waals surface area contributed by atoms with Gasteiger partial charge >= 0.3 is 6.09 Å². The molecule has 0 saturated carbocycles. The number of benzene rings is 2. The molecular weight excluding hydrogens is 532 g/mol. The van der Waals surface area contributed by atoms with Crippen LogP contribution in [0.15, 0.2) is 42.5 Å². The fraction of sp³-hybridized carbons (Fsp3) is 0.448. The normalized spacial score (nSPS) is 22.4. The molecule has 2 atom stereocenters. The van der Waals surface area contributed by atoms with E-state index in [0.717, 1.165) is 5.56 Å². The summed E-state index contributed by atoms with van der Waals surface area (Å²) in [6.45, 7) is 1.90. The Morgan fingerprint density at radius 3 is 2.61 bits per heavy atom. The minimum atomic E-state index is -0.527. The van der Waals surface area contributed by atoms with Gasteiger partial charge in [-0.1, -0.05) is 12.1 Å². The van der Waals surface area contributed by atoms with Crippen LogP contribution in [0.1, 0.15) is 34.7 Å². The van der Waals surface area contributed by atoms with Crippen molar-refractivity contribution in [3.05, 3.63) is 53.6 Å². The highest BCUT2D eigenvalue weighted by molar-refractivity contribution is 5.95. The second-order valence-corrected chi connectivity index (χ2v) is 10.5. The predicted octanol–water partition coefficient (Wildman–Crippen LogP) is 1.59. The lowest BCUT2D eigenvalue weighted by molar-refractivity contribution is -0.136. The fourth-order valence-corrected chi connectivity index (χ4v) is 5.65. The summed E-state index contributed by atoms with van der Waals surface area (Å²) in [5, 5.41) is 3.09. The topological polar surface area (TPSA) is 127 Å². The molecule has 4 aliphatic rings. The van der Waals surface area contributed by atoms with E-state index in [2.05, 4.69) is 5.32 Å². The molecule has 2 aromatic carbocycles. The van der Waals surface area contributed by atoms with Gasteiger partial charge in [-0.2, -0.15) is 0 Å². The second-order valence-electron chi connectivity index (χ2n) is 10.5. The Hall–Kier alpha value is -4.48. The number of rotatable bonds is 3. The molecule has 4 amide bonds. The highest BCUT2D eigenvalue weighted by atomic mass is 16.7. The molecule has 0 spiro atoms. The van der Waals surface area contributed by atoms with Gasteiger partial charge in [0, 0.05) is 31.1 Å². The maximum absolute atomic E-state index is 13.5. The molecule has 0 aliphatic carbocycles. The van der Waals surface area contributed by atoms with Crippen LogP contribution in [0.2, 0.25) is 0 Å². The molecule has 12 nitrogen and oxygen atoms in total. The van der Waals surface area contributed by atoms with Crippen molar-refractivity contribution in [1.29, 1.82) is 0 Å². The summed E-state index contributed by atoms with van der Waals surface area (Å²) >= 11 is 0. The van der Waals surface area contributed by atoms with Gasteiger partial charge in [-0.05, 0) is 48.7 Å². The quantitative estimate of drug-likeness (QED) is 0.596. The Balaban J connectivity index is 1.21. The molecule has 216 valence electrons. The molecule has 4 heterocycles.